The van der Waals surface area contributed by atoms with E-state index in [4.69, 9.17) is 0 Å². The van der Waals surface area contributed by atoms with Crippen LogP contribution >= 0.6 is 11.8 Å². The summed E-state index contributed by atoms with van der Waals surface area (Å²) in [6.07, 6.45) is 7.20. The summed E-state index contributed by atoms with van der Waals surface area (Å²) in [4.78, 5) is 14.0. The highest BCUT2D eigenvalue weighted by molar-refractivity contribution is 7.99. The maximum atomic E-state index is 12.0. The molecule has 2 aliphatic heterocycles. The molecule has 16 heavy (non-hydrogen) atoms. The highest BCUT2D eigenvalue weighted by Gasteiger charge is 2.20. The molecule has 2 amide bonds. The van der Waals surface area contributed by atoms with Crippen molar-refractivity contribution < 1.29 is 4.79 Å². The molecule has 0 bridgehead atoms. The van der Waals surface area contributed by atoms with Crippen LogP contribution in [-0.4, -0.2) is 41.6 Å². The standard InChI is InChI=1S/C12H22N2OS/c15-12(13-11-5-9-16-10-6-11)14-7-3-1-2-4-8-14/h11H,1-10H2,(H,13,15). The highest BCUT2D eigenvalue weighted by Crippen LogP contribution is 2.17. The lowest BCUT2D eigenvalue weighted by atomic mass is 10.1. The largest absolute Gasteiger partial charge is 0.335 e. The van der Waals surface area contributed by atoms with E-state index in [1.807, 2.05) is 16.7 Å². The van der Waals surface area contributed by atoms with Crippen LogP contribution in [0.15, 0.2) is 0 Å². The quantitative estimate of drug-likeness (QED) is 0.766. The fourth-order valence-electron chi connectivity index (χ4n) is 2.38. The smallest absolute Gasteiger partial charge is 0.317 e. The number of hydrogen-bond acceptors (Lipinski definition) is 2. The minimum atomic E-state index is 0.179. The minimum Gasteiger partial charge on any atom is -0.335 e. The van der Waals surface area contributed by atoms with Gasteiger partial charge in [-0.05, 0) is 37.2 Å². The van der Waals surface area contributed by atoms with E-state index in [0.29, 0.717) is 6.04 Å². The van der Waals surface area contributed by atoms with Crippen LogP contribution in [0.5, 0.6) is 0 Å². The van der Waals surface area contributed by atoms with Crippen molar-refractivity contribution in [1.82, 2.24) is 10.2 Å². The topological polar surface area (TPSA) is 32.3 Å². The zero-order valence-corrected chi connectivity index (χ0v) is 10.7. The van der Waals surface area contributed by atoms with E-state index < -0.39 is 0 Å². The average molecular weight is 242 g/mol. The molecule has 0 aromatic rings. The molecule has 0 spiro atoms. The first-order chi connectivity index (χ1) is 7.86. The molecule has 1 N–H and O–H groups in total. The third-order valence-corrected chi connectivity index (χ3v) is 4.49. The van der Waals surface area contributed by atoms with Gasteiger partial charge in [-0.2, -0.15) is 11.8 Å². The second kappa shape index (κ2) is 6.38. The van der Waals surface area contributed by atoms with Crippen molar-refractivity contribution in [1.29, 1.82) is 0 Å². The monoisotopic (exact) mass is 242 g/mol. The van der Waals surface area contributed by atoms with Crippen LogP contribution in [0.2, 0.25) is 0 Å². The van der Waals surface area contributed by atoms with Crippen LogP contribution in [0.3, 0.4) is 0 Å². The lowest BCUT2D eigenvalue weighted by molar-refractivity contribution is 0.195. The van der Waals surface area contributed by atoms with Crippen LogP contribution < -0.4 is 5.32 Å². The van der Waals surface area contributed by atoms with Crippen molar-refractivity contribution in [3.8, 4) is 0 Å². The van der Waals surface area contributed by atoms with Gasteiger partial charge in [-0.15, -0.1) is 0 Å². The van der Waals surface area contributed by atoms with Gasteiger partial charge in [0.2, 0.25) is 0 Å². The second-order valence-electron chi connectivity index (χ2n) is 4.74. The Kier molecular flexibility index (Phi) is 4.82. The summed E-state index contributed by atoms with van der Waals surface area (Å²) < 4.78 is 0. The maximum Gasteiger partial charge on any atom is 0.317 e. The van der Waals surface area contributed by atoms with Gasteiger partial charge in [0.15, 0.2) is 0 Å². The fourth-order valence-corrected chi connectivity index (χ4v) is 3.49. The van der Waals surface area contributed by atoms with Gasteiger partial charge < -0.3 is 10.2 Å². The first-order valence-corrected chi connectivity index (χ1v) is 7.65. The van der Waals surface area contributed by atoms with Crippen LogP contribution in [0.1, 0.15) is 38.5 Å². The number of likely N-dealkylation sites (tertiary alicyclic amines) is 1. The van der Waals surface area contributed by atoms with Gasteiger partial charge in [-0.3, -0.25) is 0 Å². The molecule has 2 aliphatic rings. The maximum absolute atomic E-state index is 12.0. The molecule has 0 aromatic carbocycles. The Balaban J connectivity index is 1.76. The van der Waals surface area contributed by atoms with Crippen LogP contribution in [0.25, 0.3) is 0 Å². The number of nitrogens with one attached hydrogen (secondary N) is 1. The van der Waals surface area contributed by atoms with Gasteiger partial charge in [-0.25, -0.2) is 4.79 Å². The van der Waals surface area contributed by atoms with Crippen molar-refractivity contribution >= 4 is 17.8 Å². The molecule has 2 rings (SSSR count). The first kappa shape index (κ1) is 12.1. The minimum absolute atomic E-state index is 0.179. The van der Waals surface area contributed by atoms with E-state index >= 15 is 0 Å². The Morgan fingerprint density at radius 2 is 1.69 bits per heavy atom. The van der Waals surface area contributed by atoms with Crippen molar-refractivity contribution in [3.63, 3.8) is 0 Å². The molecule has 0 unspecified atom stereocenters. The predicted molar refractivity (Wildman–Crippen MR) is 68.9 cm³/mol. The number of hydrogen-bond donors (Lipinski definition) is 1. The van der Waals surface area contributed by atoms with Crippen molar-refractivity contribution in [2.45, 2.75) is 44.6 Å². The zero-order valence-electron chi connectivity index (χ0n) is 9.91. The lowest BCUT2D eigenvalue weighted by Crippen LogP contribution is -2.46. The molecular weight excluding hydrogens is 220 g/mol. The molecular formula is C12H22N2OS. The van der Waals surface area contributed by atoms with E-state index in [1.54, 1.807) is 0 Å². The summed E-state index contributed by atoms with van der Waals surface area (Å²) in [6, 6.07) is 0.607. The van der Waals surface area contributed by atoms with Gasteiger partial charge in [0, 0.05) is 19.1 Å². The van der Waals surface area contributed by atoms with Gasteiger partial charge in [0.1, 0.15) is 0 Å². The molecule has 2 saturated heterocycles. The van der Waals surface area contributed by atoms with Gasteiger partial charge in [0.05, 0.1) is 0 Å². The number of carbonyl (C=O) groups excluding carboxylic acids is 1. The van der Waals surface area contributed by atoms with Crippen molar-refractivity contribution in [2.75, 3.05) is 24.6 Å². The first-order valence-electron chi connectivity index (χ1n) is 6.49. The summed E-state index contributed by atoms with van der Waals surface area (Å²) in [5, 5.41) is 3.19. The molecule has 0 atom stereocenters. The molecule has 2 fully saturated rings. The average Bonchev–Trinajstić information content (AvgIpc) is 2.59. The molecule has 0 radical (unpaired) electrons. The van der Waals surface area contributed by atoms with E-state index in [0.717, 1.165) is 25.9 Å². The molecule has 0 aromatic heterocycles. The van der Waals surface area contributed by atoms with E-state index in [1.165, 1.54) is 37.2 Å². The van der Waals surface area contributed by atoms with Crippen LogP contribution in [0.4, 0.5) is 4.79 Å². The molecule has 3 nitrogen and oxygen atoms in total. The Bertz CT molecular complexity index is 221. The van der Waals surface area contributed by atoms with Gasteiger partial charge >= 0.3 is 6.03 Å². The van der Waals surface area contributed by atoms with E-state index in [2.05, 4.69) is 5.32 Å². The third-order valence-electron chi connectivity index (χ3n) is 3.44. The number of carbonyl (C=O) groups is 1. The summed E-state index contributed by atoms with van der Waals surface area (Å²) >= 11 is 2.00. The predicted octanol–water partition coefficient (Wildman–Crippen LogP) is 2.47. The van der Waals surface area contributed by atoms with Gasteiger partial charge in [-0.1, -0.05) is 12.8 Å². The van der Waals surface area contributed by atoms with Crippen LogP contribution in [-0.2, 0) is 0 Å². The number of urea groups is 1. The molecule has 0 aliphatic carbocycles. The Labute approximate surface area is 102 Å². The van der Waals surface area contributed by atoms with E-state index in [-0.39, 0.29) is 6.03 Å². The molecule has 0 saturated carbocycles. The second-order valence-corrected chi connectivity index (χ2v) is 5.96. The summed E-state index contributed by atoms with van der Waals surface area (Å²) in [5.41, 5.74) is 0. The summed E-state index contributed by atoms with van der Waals surface area (Å²) in [7, 11) is 0. The molecule has 2 heterocycles. The summed E-state index contributed by atoms with van der Waals surface area (Å²) in [6.45, 7) is 1.90. The Morgan fingerprint density at radius 1 is 1.06 bits per heavy atom. The highest BCUT2D eigenvalue weighted by atomic mass is 32.2. The normalized spacial score (nSPS) is 23.9. The molecule has 92 valence electrons. The number of rotatable bonds is 1. The molecule has 4 heteroatoms. The number of amides is 2. The fraction of sp³-hybridized carbons (Fsp3) is 0.917. The van der Waals surface area contributed by atoms with Crippen molar-refractivity contribution in [3.05, 3.63) is 0 Å². The zero-order chi connectivity index (χ0) is 11.2. The van der Waals surface area contributed by atoms with E-state index in [9.17, 15) is 4.79 Å². The Morgan fingerprint density at radius 3 is 2.31 bits per heavy atom. The third kappa shape index (κ3) is 3.58. The summed E-state index contributed by atoms with van der Waals surface area (Å²) in [5.74, 6) is 2.40. The SMILES string of the molecule is O=C(NC1CCSCC1)N1CCCCCC1. The van der Waals surface area contributed by atoms with Crippen LogP contribution in [0, 0.1) is 0 Å². The van der Waals surface area contributed by atoms with Crippen molar-refractivity contribution in [2.24, 2.45) is 0 Å². The lowest BCUT2D eigenvalue weighted by Gasteiger charge is -2.27. The number of nitrogens with zero attached hydrogens (tertiary/aromatic N) is 1. The Hall–Kier alpha value is -0.380. The number of thioether (sulfide) groups is 1. The van der Waals surface area contributed by atoms with Gasteiger partial charge in [0.25, 0.3) is 0 Å².